The average Bonchev–Trinajstić information content (AvgIpc) is 2.33. The van der Waals surface area contributed by atoms with Crippen LogP contribution in [0.3, 0.4) is 0 Å². The van der Waals surface area contributed by atoms with Crippen LogP contribution in [0.1, 0.15) is 12.8 Å². The summed E-state index contributed by atoms with van der Waals surface area (Å²) in [5, 5.41) is 0.443. The molecule has 0 bridgehead atoms. The van der Waals surface area contributed by atoms with Crippen LogP contribution in [0.5, 0.6) is 0 Å². The van der Waals surface area contributed by atoms with Crippen molar-refractivity contribution < 1.29 is 4.74 Å². The van der Waals surface area contributed by atoms with Crippen LogP contribution in [0.2, 0.25) is 5.02 Å². The molecule has 6 heteroatoms. The first-order valence-corrected chi connectivity index (χ1v) is 5.64. The molecule has 0 unspecified atom stereocenters. The van der Waals surface area contributed by atoms with Crippen LogP contribution < -0.4 is 10.6 Å². The lowest BCUT2D eigenvalue weighted by molar-refractivity contribution is 0.0818. The average molecular weight is 243 g/mol. The van der Waals surface area contributed by atoms with Gasteiger partial charge in [0.1, 0.15) is 17.2 Å². The molecule has 1 aromatic heterocycles. The van der Waals surface area contributed by atoms with Gasteiger partial charge in [0.05, 0.1) is 6.10 Å². The van der Waals surface area contributed by atoms with Gasteiger partial charge in [0.25, 0.3) is 0 Å². The first kappa shape index (κ1) is 11.4. The molecule has 5 nitrogen and oxygen atoms in total. The van der Waals surface area contributed by atoms with Crippen LogP contribution >= 0.6 is 11.6 Å². The third kappa shape index (κ3) is 2.20. The van der Waals surface area contributed by atoms with E-state index in [-0.39, 0.29) is 0 Å². The molecule has 2 rings (SSSR count). The smallest absolute Gasteiger partial charge is 0.153 e. The van der Waals surface area contributed by atoms with E-state index in [9.17, 15) is 0 Å². The van der Waals surface area contributed by atoms with Crippen LogP contribution in [-0.2, 0) is 4.74 Å². The van der Waals surface area contributed by atoms with Crippen molar-refractivity contribution in [1.82, 2.24) is 9.97 Å². The molecular formula is C10H15ClN4O. The lowest BCUT2D eigenvalue weighted by atomic mass is 10.1. The standard InChI is InChI=1S/C10H15ClN4O/c1-16-7-2-4-15(5-3-7)10-8(11)9(12)13-6-14-10/h6-7H,2-5H2,1H3,(H2,12,13,14). The maximum absolute atomic E-state index is 6.07. The lowest BCUT2D eigenvalue weighted by Crippen LogP contribution is -2.37. The molecule has 1 fully saturated rings. The van der Waals surface area contributed by atoms with Crippen LogP contribution in [-0.4, -0.2) is 36.3 Å². The zero-order valence-corrected chi connectivity index (χ0v) is 9.94. The second-order valence-corrected chi connectivity index (χ2v) is 4.20. The van der Waals surface area contributed by atoms with Crippen LogP contribution in [0, 0.1) is 0 Å². The lowest BCUT2D eigenvalue weighted by Gasteiger charge is -2.32. The molecule has 1 aliphatic rings. The first-order valence-electron chi connectivity index (χ1n) is 5.26. The van der Waals surface area contributed by atoms with Crippen molar-refractivity contribution in [3.05, 3.63) is 11.3 Å². The van der Waals surface area contributed by atoms with Crippen LogP contribution in [0.15, 0.2) is 6.33 Å². The number of rotatable bonds is 2. The zero-order chi connectivity index (χ0) is 11.5. The summed E-state index contributed by atoms with van der Waals surface area (Å²) in [5.41, 5.74) is 5.65. The van der Waals surface area contributed by atoms with Gasteiger partial charge in [-0.1, -0.05) is 11.6 Å². The Kier molecular flexibility index (Phi) is 3.46. The fourth-order valence-corrected chi connectivity index (χ4v) is 2.11. The molecular weight excluding hydrogens is 228 g/mol. The molecule has 16 heavy (non-hydrogen) atoms. The maximum atomic E-state index is 6.07. The Balaban J connectivity index is 2.11. The van der Waals surface area contributed by atoms with Crippen molar-refractivity contribution >= 4 is 23.2 Å². The summed E-state index contributed by atoms with van der Waals surface area (Å²) in [6, 6.07) is 0. The molecule has 0 saturated carbocycles. The number of aromatic nitrogens is 2. The van der Waals surface area contributed by atoms with E-state index in [2.05, 4.69) is 14.9 Å². The molecule has 0 amide bonds. The Labute approximate surface area is 99.6 Å². The summed E-state index contributed by atoms with van der Waals surface area (Å²) in [6.45, 7) is 1.77. The fourth-order valence-electron chi connectivity index (χ4n) is 1.90. The van der Waals surface area contributed by atoms with Gasteiger partial charge in [0.2, 0.25) is 0 Å². The number of nitrogens with two attached hydrogens (primary N) is 1. The van der Waals surface area contributed by atoms with Crippen molar-refractivity contribution in [2.75, 3.05) is 30.8 Å². The Bertz CT molecular complexity index is 366. The van der Waals surface area contributed by atoms with E-state index in [1.165, 1.54) is 6.33 Å². The van der Waals surface area contributed by atoms with E-state index in [0.717, 1.165) is 31.7 Å². The van der Waals surface area contributed by atoms with Gasteiger partial charge in [0.15, 0.2) is 5.82 Å². The molecule has 2 heterocycles. The van der Waals surface area contributed by atoms with E-state index < -0.39 is 0 Å². The van der Waals surface area contributed by atoms with Gasteiger partial charge in [-0.3, -0.25) is 0 Å². The third-order valence-corrected chi connectivity index (χ3v) is 3.24. The zero-order valence-electron chi connectivity index (χ0n) is 9.19. The van der Waals surface area contributed by atoms with E-state index in [4.69, 9.17) is 22.1 Å². The fraction of sp³-hybridized carbons (Fsp3) is 0.600. The van der Waals surface area contributed by atoms with E-state index in [0.29, 0.717) is 16.9 Å². The molecule has 1 aromatic rings. The molecule has 1 saturated heterocycles. The SMILES string of the molecule is COC1CCN(c2ncnc(N)c2Cl)CC1. The molecule has 0 atom stereocenters. The monoisotopic (exact) mass is 242 g/mol. The first-order chi connectivity index (χ1) is 7.72. The predicted molar refractivity (Wildman–Crippen MR) is 63.7 cm³/mol. The van der Waals surface area contributed by atoms with E-state index in [1.807, 2.05) is 0 Å². The third-order valence-electron chi connectivity index (χ3n) is 2.87. The number of anilines is 2. The molecule has 2 N–H and O–H groups in total. The summed E-state index contributed by atoms with van der Waals surface area (Å²) >= 11 is 6.07. The van der Waals surface area contributed by atoms with Crippen molar-refractivity contribution in [2.45, 2.75) is 18.9 Å². The Morgan fingerprint density at radius 2 is 2.12 bits per heavy atom. The summed E-state index contributed by atoms with van der Waals surface area (Å²) in [7, 11) is 1.75. The van der Waals surface area contributed by atoms with E-state index >= 15 is 0 Å². The van der Waals surface area contributed by atoms with Gasteiger partial charge in [-0.05, 0) is 12.8 Å². The minimum atomic E-state index is 0.334. The van der Waals surface area contributed by atoms with Crippen molar-refractivity contribution in [3.8, 4) is 0 Å². The quantitative estimate of drug-likeness (QED) is 0.848. The molecule has 1 aliphatic heterocycles. The van der Waals surface area contributed by atoms with Gasteiger partial charge in [-0.15, -0.1) is 0 Å². The number of hydrogen-bond acceptors (Lipinski definition) is 5. The van der Waals surface area contributed by atoms with Gasteiger partial charge in [-0.2, -0.15) is 0 Å². The molecule has 0 radical (unpaired) electrons. The molecule has 0 aromatic carbocycles. The van der Waals surface area contributed by atoms with Gasteiger partial charge >= 0.3 is 0 Å². The minimum Gasteiger partial charge on any atom is -0.382 e. The van der Waals surface area contributed by atoms with Gasteiger partial charge < -0.3 is 15.4 Å². The highest BCUT2D eigenvalue weighted by molar-refractivity contribution is 6.35. The number of ether oxygens (including phenoxy) is 1. The number of hydrogen-bond donors (Lipinski definition) is 1. The highest BCUT2D eigenvalue weighted by Crippen LogP contribution is 2.29. The van der Waals surface area contributed by atoms with Gasteiger partial charge in [0, 0.05) is 20.2 Å². The van der Waals surface area contributed by atoms with Crippen LogP contribution in [0.4, 0.5) is 11.6 Å². The maximum Gasteiger partial charge on any atom is 0.153 e. The molecule has 0 aliphatic carbocycles. The Morgan fingerprint density at radius 3 is 2.75 bits per heavy atom. The predicted octanol–water partition coefficient (Wildman–Crippen LogP) is 1.33. The van der Waals surface area contributed by atoms with Gasteiger partial charge in [-0.25, -0.2) is 9.97 Å². The topological polar surface area (TPSA) is 64.3 Å². The molecule has 88 valence electrons. The largest absolute Gasteiger partial charge is 0.382 e. The normalized spacial score (nSPS) is 17.8. The second-order valence-electron chi connectivity index (χ2n) is 3.82. The number of methoxy groups -OCH3 is 1. The summed E-state index contributed by atoms with van der Waals surface area (Å²) in [4.78, 5) is 10.1. The van der Waals surface area contributed by atoms with E-state index in [1.54, 1.807) is 7.11 Å². The second kappa shape index (κ2) is 4.84. The number of nitrogen functional groups attached to an aromatic ring is 1. The van der Waals surface area contributed by atoms with Crippen LogP contribution in [0.25, 0.3) is 0 Å². The minimum absolute atomic E-state index is 0.334. The highest BCUT2D eigenvalue weighted by Gasteiger charge is 2.22. The Hall–Kier alpha value is -1.07. The summed E-state index contributed by atoms with van der Waals surface area (Å²) < 4.78 is 5.31. The van der Waals surface area contributed by atoms with Crippen molar-refractivity contribution in [1.29, 1.82) is 0 Å². The molecule has 0 spiro atoms. The van der Waals surface area contributed by atoms with Crippen molar-refractivity contribution in [2.24, 2.45) is 0 Å². The van der Waals surface area contributed by atoms with Crippen molar-refractivity contribution in [3.63, 3.8) is 0 Å². The highest BCUT2D eigenvalue weighted by atomic mass is 35.5. The number of halogens is 1. The summed E-state index contributed by atoms with van der Waals surface area (Å²) in [5.74, 6) is 1.06. The Morgan fingerprint density at radius 1 is 1.44 bits per heavy atom. The number of nitrogens with zero attached hydrogens (tertiary/aromatic N) is 3. The summed E-state index contributed by atoms with van der Waals surface area (Å²) in [6.07, 6.45) is 3.75. The number of piperidine rings is 1.